The number of esters is 1. The molecule has 10 heteroatoms. The Morgan fingerprint density at radius 2 is 1.64 bits per heavy atom. The van der Waals surface area contributed by atoms with E-state index in [4.69, 9.17) is 30.5 Å². The highest BCUT2D eigenvalue weighted by Crippen LogP contribution is 2.22. The number of amides is 1. The van der Waals surface area contributed by atoms with Crippen molar-refractivity contribution >= 4 is 29.4 Å². The molecule has 0 saturated heterocycles. The van der Waals surface area contributed by atoms with Gasteiger partial charge < -0.3 is 18.9 Å². The van der Waals surface area contributed by atoms with Crippen LogP contribution in [0.2, 0.25) is 5.02 Å². The minimum absolute atomic E-state index is 0.0473. The third-order valence-corrected chi connectivity index (χ3v) is 3.61. The first-order chi connectivity index (χ1) is 13.2. The van der Waals surface area contributed by atoms with Crippen LogP contribution in [0.5, 0.6) is 17.5 Å². The largest absolute Gasteiger partial charge is 0.481 e. The number of halogens is 1. The molecule has 0 saturated carbocycles. The first-order valence-corrected chi connectivity index (χ1v) is 8.50. The van der Waals surface area contributed by atoms with E-state index in [1.165, 1.54) is 34.1 Å². The molecule has 1 heterocycles. The number of aromatic nitrogens is 2. The Balaban J connectivity index is 1.92. The molecule has 0 aliphatic rings. The summed E-state index contributed by atoms with van der Waals surface area (Å²) in [5, 5.41) is 2.94. The summed E-state index contributed by atoms with van der Waals surface area (Å²) in [4.78, 5) is 32.2. The number of methoxy groups -OCH3 is 2. The van der Waals surface area contributed by atoms with Gasteiger partial charge in [-0.3, -0.25) is 10.1 Å². The van der Waals surface area contributed by atoms with Crippen molar-refractivity contribution in [1.82, 2.24) is 9.97 Å². The van der Waals surface area contributed by atoms with Gasteiger partial charge in [-0.15, -0.1) is 0 Å². The van der Waals surface area contributed by atoms with Gasteiger partial charge in [0.25, 0.3) is 5.91 Å². The van der Waals surface area contributed by atoms with Gasteiger partial charge in [0, 0.05) is 5.02 Å². The number of hydrogen-bond donors (Lipinski definition) is 1. The maximum Gasteiger partial charge on any atom is 0.350 e. The summed E-state index contributed by atoms with van der Waals surface area (Å²) >= 11 is 5.82. The molecule has 0 aliphatic heterocycles. The summed E-state index contributed by atoms with van der Waals surface area (Å²) in [6.45, 7) is 2.50. The quantitative estimate of drug-likeness (QED) is 0.662. The van der Waals surface area contributed by atoms with Crippen LogP contribution in [-0.4, -0.2) is 48.3 Å². The Labute approximate surface area is 166 Å². The van der Waals surface area contributed by atoms with Crippen molar-refractivity contribution in [3.8, 4) is 17.5 Å². The lowest BCUT2D eigenvalue weighted by atomic mass is 10.1. The fourth-order valence-corrected chi connectivity index (χ4v) is 2.10. The fourth-order valence-electron chi connectivity index (χ4n) is 1.97. The molecule has 9 nitrogen and oxygen atoms in total. The summed E-state index contributed by atoms with van der Waals surface area (Å²) in [7, 11) is 2.83. The molecule has 0 fully saturated rings. The van der Waals surface area contributed by atoms with Crippen molar-refractivity contribution in [3.05, 3.63) is 35.4 Å². The number of nitrogens with zero attached hydrogens (tertiary/aromatic N) is 2. The van der Waals surface area contributed by atoms with Gasteiger partial charge in [-0.2, -0.15) is 9.97 Å². The number of ether oxygens (including phenoxy) is 4. The van der Waals surface area contributed by atoms with Crippen LogP contribution in [0.1, 0.15) is 13.8 Å². The normalized spacial score (nSPS) is 10.8. The molecule has 0 atom stereocenters. The van der Waals surface area contributed by atoms with Crippen molar-refractivity contribution < 1.29 is 28.5 Å². The van der Waals surface area contributed by atoms with Crippen molar-refractivity contribution in [2.75, 3.05) is 26.1 Å². The molecule has 2 aromatic rings. The second-order valence-corrected chi connectivity index (χ2v) is 6.40. The summed E-state index contributed by atoms with van der Waals surface area (Å²) in [5.74, 6) is -0.553. The second kappa shape index (κ2) is 9.23. The first-order valence-electron chi connectivity index (χ1n) is 8.12. The molecule has 0 aliphatic carbocycles. The van der Waals surface area contributed by atoms with E-state index in [0.717, 1.165) is 0 Å². The van der Waals surface area contributed by atoms with E-state index in [2.05, 4.69) is 15.3 Å². The summed E-state index contributed by atoms with van der Waals surface area (Å²) < 4.78 is 20.6. The number of anilines is 1. The summed E-state index contributed by atoms with van der Waals surface area (Å²) in [6.07, 6.45) is 0. The zero-order chi connectivity index (χ0) is 20.7. The fraction of sp³-hybridized carbons (Fsp3) is 0.333. The molecule has 1 aromatic carbocycles. The average Bonchev–Trinajstić information content (AvgIpc) is 2.67. The van der Waals surface area contributed by atoms with Crippen LogP contribution < -0.4 is 19.5 Å². The van der Waals surface area contributed by atoms with Gasteiger partial charge in [-0.25, -0.2) is 4.79 Å². The Morgan fingerprint density at radius 3 is 2.18 bits per heavy atom. The maximum absolute atomic E-state index is 12.3. The van der Waals surface area contributed by atoms with E-state index in [-0.39, 0.29) is 17.7 Å². The molecular weight excluding hydrogens is 390 g/mol. The molecule has 0 radical (unpaired) electrons. The highest BCUT2D eigenvalue weighted by Gasteiger charge is 2.32. The van der Waals surface area contributed by atoms with Crippen LogP contribution in [0, 0.1) is 0 Å². The molecule has 0 unspecified atom stereocenters. The summed E-state index contributed by atoms with van der Waals surface area (Å²) in [6, 6.07) is 7.96. The molecule has 1 N–H and O–H groups in total. The standard InChI is InChI=1S/C18H20ClN3O6/c1-18(2,28-12-7-5-11(19)6-8-12)16(24)27-10-13(23)20-17-21-14(25-3)9-15(22-17)26-4/h5-9H,10H2,1-4H3,(H,20,21,22,23). The van der Waals surface area contributed by atoms with Gasteiger partial charge >= 0.3 is 5.97 Å². The van der Waals surface area contributed by atoms with Gasteiger partial charge in [0.2, 0.25) is 17.7 Å². The van der Waals surface area contributed by atoms with Crippen LogP contribution in [0.4, 0.5) is 5.95 Å². The van der Waals surface area contributed by atoms with Crippen LogP contribution in [0.25, 0.3) is 0 Å². The lowest BCUT2D eigenvalue weighted by Crippen LogP contribution is -2.41. The Kier molecular flexibility index (Phi) is 7.00. The average molecular weight is 410 g/mol. The van der Waals surface area contributed by atoms with Gasteiger partial charge in [0.1, 0.15) is 5.75 Å². The van der Waals surface area contributed by atoms with Crippen LogP contribution in [0.15, 0.2) is 30.3 Å². The van der Waals surface area contributed by atoms with Crippen LogP contribution >= 0.6 is 11.6 Å². The Hall–Kier alpha value is -3.07. The van der Waals surface area contributed by atoms with Crippen molar-refractivity contribution in [1.29, 1.82) is 0 Å². The van der Waals surface area contributed by atoms with Crippen molar-refractivity contribution in [3.63, 3.8) is 0 Å². The predicted molar refractivity (Wildman–Crippen MR) is 101 cm³/mol. The van der Waals surface area contributed by atoms with Crippen LogP contribution in [-0.2, 0) is 14.3 Å². The molecule has 150 valence electrons. The van der Waals surface area contributed by atoms with E-state index in [1.54, 1.807) is 24.3 Å². The topological polar surface area (TPSA) is 109 Å². The number of hydrogen-bond acceptors (Lipinski definition) is 8. The second-order valence-electron chi connectivity index (χ2n) is 5.97. The molecule has 2 rings (SSSR count). The van der Waals surface area contributed by atoms with Gasteiger partial charge in [-0.1, -0.05) is 11.6 Å². The number of carbonyl (C=O) groups is 2. The minimum atomic E-state index is -1.32. The maximum atomic E-state index is 12.3. The first kappa shape index (κ1) is 21.2. The summed E-state index contributed by atoms with van der Waals surface area (Å²) in [5.41, 5.74) is -1.32. The molecule has 0 spiro atoms. The van der Waals surface area contributed by atoms with E-state index in [1.807, 2.05) is 0 Å². The smallest absolute Gasteiger partial charge is 0.350 e. The lowest BCUT2D eigenvalue weighted by Gasteiger charge is -2.24. The van der Waals surface area contributed by atoms with E-state index in [9.17, 15) is 9.59 Å². The Bertz CT molecular complexity index is 819. The number of benzene rings is 1. The highest BCUT2D eigenvalue weighted by atomic mass is 35.5. The number of carbonyl (C=O) groups excluding carboxylic acids is 2. The monoisotopic (exact) mass is 409 g/mol. The Morgan fingerprint density at radius 1 is 1.07 bits per heavy atom. The minimum Gasteiger partial charge on any atom is -0.481 e. The third kappa shape index (κ3) is 5.98. The SMILES string of the molecule is COc1cc(OC)nc(NC(=O)COC(=O)C(C)(C)Oc2ccc(Cl)cc2)n1. The van der Waals surface area contributed by atoms with Gasteiger partial charge in [0.15, 0.2) is 12.2 Å². The predicted octanol–water partition coefficient (Wildman–Crippen LogP) is 2.49. The molecule has 28 heavy (non-hydrogen) atoms. The van der Waals surface area contributed by atoms with Crippen molar-refractivity contribution in [2.24, 2.45) is 0 Å². The van der Waals surface area contributed by atoms with E-state index < -0.39 is 24.1 Å². The number of nitrogens with one attached hydrogen (secondary N) is 1. The number of rotatable bonds is 8. The van der Waals surface area contributed by atoms with E-state index in [0.29, 0.717) is 10.8 Å². The third-order valence-electron chi connectivity index (χ3n) is 3.36. The van der Waals surface area contributed by atoms with Crippen LogP contribution in [0.3, 0.4) is 0 Å². The highest BCUT2D eigenvalue weighted by molar-refractivity contribution is 6.30. The van der Waals surface area contributed by atoms with Gasteiger partial charge in [-0.05, 0) is 38.1 Å². The van der Waals surface area contributed by atoms with E-state index >= 15 is 0 Å². The molecular formula is C18H20ClN3O6. The lowest BCUT2D eigenvalue weighted by molar-refractivity contribution is -0.161. The zero-order valence-electron chi connectivity index (χ0n) is 15.8. The molecule has 1 amide bonds. The molecule has 0 bridgehead atoms. The zero-order valence-corrected chi connectivity index (χ0v) is 16.6. The van der Waals surface area contributed by atoms with Gasteiger partial charge in [0.05, 0.1) is 20.3 Å². The van der Waals surface area contributed by atoms with Crippen molar-refractivity contribution in [2.45, 2.75) is 19.4 Å². The molecule has 1 aromatic heterocycles.